The normalized spacial score (nSPS) is 21.6. The molecule has 0 bridgehead atoms. The van der Waals surface area contributed by atoms with Crippen molar-refractivity contribution in [1.29, 1.82) is 0 Å². The Morgan fingerprint density at radius 3 is 1.44 bits per heavy atom. The maximum atomic E-state index is 12.7. The molecule has 2 atom stereocenters. The Morgan fingerprint density at radius 1 is 0.593 bits per heavy atom. The molecule has 0 radical (unpaired) electrons. The van der Waals surface area contributed by atoms with E-state index in [1.807, 2.05) is 48.5 Å². The molecule has 0 aliphatic heterocycles. The van der Waals surface area contributed by atoms with Crippen LogP contribution in [0.3, 0.4) is 0 Å². The number of ketones is 2. The van der Waals surface area contributed by atoms with Crippen LogP contribution in [0.5, 0.6) is 0 Å². The Balaban J connectivity index is 1.42. The Bertz CT molecular complexity index is 964. The van der Waals surface area contributed by atoms with Crippen molar-refractivity contribution in [3.8, 4) is 0 Å². The zero-order chi connectivity index (χ0) is 18.4. The first-order valence-corrected chi connectivity index (χ1v) is 9.57. The highest BCUT2D eigenvalue weighted by atomic mass is 16.1. The fourth-order valence-electron chi connectivity index (χ4n) is 4.55. The van der Waals surface area contributed by atoms with Crippen LogP contribution in [0.15, 0.2) is 60.7 Å². The van der Waals surface area contributed by atoms with Crippen LogP contribution in [0.1, 0.15) is 45.5 Å². The molecule has 2 aromatic carbocycles. The van der Waals surface area contributed by atoms with Gasteiger partial charge >= 0.3 is 0 Å². The molecular formula is C24H21NO2. The molecule has 134 valence electrons. The van der Waals surface area contributed by atoms with E-state index in [2.05, 4.69) is 17.1 Å². The lowest BCUT2D eigenvalue weighted by Crippen LogP contribution is -2.25. The van der Waals surface area contributed by atoms with Crippen LogP contribution in [-0.4, -0.2) is 16.6 Å². The third-order valence-electron chi connectivity index (χ3n) is 6.07. The molecule has 0 fully saturated rings. The van der Waals surface area contributed by atoms with Crippen molar-refractivity contribution in [2.75, 3.05) is 0 Å². The van der Waals surface area contributed by atoms with Gasteiger partial charge in [0.25, 0.3) is 0 Å². The van der Waals surface area contributed by atoms with Gasteiger partial charge in [0.15, 0.2) is 0 Å². The zero-order valence-electron chi connectivity index (χ0n) is 15.1. The molecule has 1 heterocycles. The van der Waals surface area contributed by atoms with E-state index in [4.69, 9.17) is 0 Å². The summed E-state index contributed by atoms with van der Waals surface area (Å²) in [6.07, 6.45) is 2.45. The lowest BCUT2D eigenvalue weighted by molar-refractivity contribution is -0.121. The standard InChI is InChI=1S/C24H21NO2/c26-23-13-17-7-3-1-5-15(17)11-19(23)21-9-10-22(25-21)20-12-16-6-2-4-8-18(16)14-24(20)27/h1-10,19-20,25H,11-14H2. The second-order valence-electron chi connectivity index (χ2n) is 7.71. The molecule has 2 aliphatic carbocycles. The van der Waals surface area contributed by atoms with Gasteiger partial charge in [-0.05, 0) is 47.2 Å². The number of hydrogen-bond acceptors (Lipinski definition) is 2. The molecule has 3 nitrogen and oxygen atoms in total. The molecule has 3 heteroatoms. The molecule has 0 saturated heterocycles. The molecule has 2 unspecified atom stereocenters. The summed E-state index contributed by atoms with van der Waals surface area (Å²) in [4.78, 5) is 28.8. The summed E-state index contributed by atoms with van der Waals surface area (Å²) >= 11 is 0. The number of hydrogen-bond donors (Lipinski definition) is 1. The Hall–Kier alpha value is -2.94. The lowest BCUT2D eigenvalue weighted by Gasteiger charge is -2.24. The van der Waals surface area contributed by atoms with Gasteiger partial charge in [0, 0.05) is 24.2 Å². The largest absolute Gasteiger partial charge is 0.361 e. The topological polar surface area (TPSA) is 49.9 Å². The van der Waals surface area contributed by atoms with Crippen LogP contribution < -0.4 is 0 Å². The van der Waals surface area contributed by atoms with Gasteiger partial charge in [-0.2, -0.15) is 0 Å². The highest BCUT2D eigenvalue weighted by Gasteiger charge is 2.31. The first-order valence-electron chi connectivity index (χ1n) is 9.57. The molecule has 1 aromatic heterocycles. The van der Waals surface area contributed by atoms with Gasteiger partial charge in [-0.1, -0.05) is 48.5 Å². The molecule has 2 aliphatic rings. The third kappa shape index (κ3) is 2.84. The molecule has 5 rings (SSSR count). The van der Waals surface area contributed by atoms with Gasteiger partial charge in [0.1, 0.15) is 11.6 Å². The number of carbonyl (C=O) groups excluding carboxylic acids is 2. The third-order valence-corrected chi connectivity index (χ3v) is 6.07. The van der Waals surface area contributed by atoms with Crippen LogP contribution >= 0.6 is 0 Å². The van der Waals surface area contributed by atoms with Crippen molar-refractivity contribution in [3.05, 3.63) is 94.3 Å². The minimum atomic E-state index is -0.139. The number of nitrogens with one attached hydrogen (secondary N) is 1. The van der Waals surface area contributed by atoms with E-state index in [1.54, 1.807) is 0 Å². The number of aromatic nitrogens is 1. The highest BCUT2D eigenvalue weighted by molar-refractivity contribution is 5.91. The first-order chi connectivity index (χ1) is 13.2. The maximum absolute atomic E-state index is 12.7. The van der Waals surface area contributed by atoms with Crippen LogP contribution in [0.2, 0.25) is 0 Å². The summed E-state index contributed by atoms with van der Waals surface area (Å²) in [6, 6.07) is 20.4. The summed E-state index contributed by atoms with van der Waals surface area (Å²) in [5.41, 5.74) is 6.67. The van der Waals surface area contributed by atoms with Crippen molar-refractivity contribution < 1.29 is 9.59 Å². The van der Waals surface area contributed by atoms with E-state index >= 15 is 0 Å². The molecular weight excluding hydrogens is 334 g/mol. The maximum Gasteiger partial charge on any atom is 0.146 e. The van der Waals surface area contributed by atoms with E-state index < -0.39 is 0 Å². The van der Waals surface area contributed by atoms with Crippen LogP contribution in [0, 0.1) is 0 Å². The van der Waals surface area contributed by atoms with E-state index in [1.165, 1.54) is 11.1 Å². The molecule has 1 N–H and O–H groups in total. The second-order valence-corrected chi connectivity index (χ2v) is 7.71. The summed E-state index contributed by atoms with van der Waals surface area (Å²) in [5.74, 6) is 0.226. The lowest BCUT2D eigenvalue weighted by atomic mass is 9.81. The number of fused-ring (bicyclic) bond motifs is 2. The van der Waals surface area contributed by atoms with E-state index in [0.29, 0.717) is 12.8 Å². The Labute approximate surface area is 158 Å². The number of carbonyl (C=O) groups is 2. The minimum Gasteiger partial charge on any atom is -0.361 e. The predicted molar refractivity (Wildman–Crippen MR) is 104 cm³/mol. The van der Waals surface area contributed by atoms with Gasteiger partial charge in [-0.3, -0.25) is 9.59 Å². The van der Waals surface area contributed by atoms with Gasteiger partial charge in [-0.25, -0.2) is 0 Å². The molecule has 3 aromatic rings. The second kappa shape index (κ2) is 6.34. The molecule has 0 saturated carbocycles. The van der Waals surface area contributed by atoms with Crippen molar-refractivity contribution in [2.24, 2.45) is 0 Å². The SMILES string of the molecule is O=C1Cc2ccccc2CC1c1ccc(C2Cc3ccccc3CC2=O)[nH]1. The van der Waals surface area contributed by atoms with E-state index in [9.17, 15) is 9.59 Å². The number of benzene rings is 2. The summed E-state index contributed by atoms with van der Waals surface area (Å²) < 4.78 is 0. The summed E-state index contributed by atoms with van der Waals surface area (Å²) in [7, 11) is 0. The fourth-order valence-corrected chi connectivity index (χ4v) is 4.55. The van der Waals surface area contributed by atoms with Crippen molar-refractivity contribution in [2.45, 2.75) is 37.5 Å². The van der Waals surface area contributed by atoms with Crippen molar-refractivity contribution in [1.82, 2.24) is 4.98 Å². The molecule has 0 amide bonds. The van der Waals surface area contributed by atoms with Gasteiger partial charge in [-0.15, -0.1) is 0 Å². The van der Waals surface area contributed by atoms with Crippen molar-refractivity contribution >= 4 is 11.6 Å². The number of H-pyrrole nitrogens is 1. The highest BCUT2D eigenvalue weighted by Crippen LogP contribution is 2.33. The Morgan fingerprint density at radius 2 is 1.00 bits per heavy atom. The van der Waals surface area contributed by atoms with Crippen LogP contribution in [-0.2, 0) is 35.3 Å². The summed E-state index contributed by atoms with van der Waals surface area (Å²) in [5, 5.41) is 0. The molecule has 0 spiro atoms. The smallest absolute Gasteiger partial charge is 0.146 e. The van der Waals surface area contributed by atoms with E-state index in [0.717, 1.165) is 35.4 Å². The Kier molecular flexibility index (Phi) is 3.82. The van der Waals surface area contributed by atoms with Gasteiger partial charge in [0.2, 0.25) is 0 Å². The minimum absolute atomic E-state index is 0.139. The molecule has 27 heavy (non-hydrogen) atoms. The van der Waals surface area contributed by atoms with Gasteiger partial charge < -0.3 is 4.98 Å². The fraction of sp³-hybridized carbons (Fsp3) is 0.250. The number of Topliss-reactive ketones (excluding diaryl/α,β-unsaturated/α-hetero) is 2. The summed E-state index contributed by atoms with van der Waals surface area (Å²) in [6.45, 7) is 0. The monoisotopic (exact) mass is 355 g/mol. The first kappa shape index (κ1) is 16.2. The quantitative estimate of drug-likeness (QED) is 0.757. The zero-order valence-corrected chi connectivity index (χ0v) is 15.1. The number of aromatic amines is 1. The van der Waals surface area contributed by atoms with Crippen LogP contribution in [0.4, 0.5) is 0 Å². The average molecular weight is 355 g/mol. The van der Waals surface area contributed by atoms with Crippen molar-refractivity contribution in [3.63, 3.8) is 0 Å². The predicted octanol–water partition coefficient (Wildman–Crippen LogP) is 3.92. The average Bonchev–Trinajstić information content (AvgIpc) is 3.16. The number of rotatable bonds is 2. The van der Waals surface area contributed by atoms with E-state index in [-0.39, 0.29) is 23.4 Å². The van der Waals surface area contributed by atoms with Crippen LogP contribution in [0.25, 0.3) is 0 Å². The van der Waals surface area contributed by atoms with Gasteiger partial charge in [0.05, 0.1) is 11.8 Å².